The molecule has 1 aromatic rings. The quantitative estimate of drug-likeness (QED) is 0.884. The van der Waals surface area contributed by atoms with Crippen LogP contribution in [-0.2, 0) is 11.2 Å². The summed E-state index contributed by atoms with van der Waals surface area (Å²) in [4.78, 5) is 8.69. The van der Waals surface area contributed by atoms with Gasteiger partial charge in [-0.1, -0.05) is 24.3 Å². The van der Waals surface area contributed by atoms with E-state index in [1.807, 2.05) is 12.4 Å². The average molecular weight is 284 g/mol. The van der Waals surface area contributed by atoms with E-state index >= 15 is 0 Å². The van der Waals surface area contributed by atoms with Gasteiger partial charge in [0, 0.05) is 18.0 Å². The second kappa shape index (κ2) is 5.99. The number of nitrogens with zero attached hydrogens (tertiary/aromatic N) is 2. The molecule has 0 spiro atoms. The predicted octanol–water partition coefficient (Wildman–Crippen LogP) is 1.69. The molecule has 5 nitrogen and oxygen atoms in total. The fourth-order valence-electron chi connectivity index (χ4n) is 2.40. The van der Waals surface area contributed by atoms with Gasteiger partial charge in [-0.2, -0.15) is 0 Å². The first-order valence-electron chi connectivity index (χ1n) is 7.26. The third-order valence-electron chi connectivity index (χ3n) is 3.67. The van der Waals surface area contributed by atoms with Crippen molar-refractivity contribution in [2.24, 2.45) is 15.7 Å². The lowest BCUT2D eigenvalue weighted by atomic mass is 10.0. The highest BCUT2D eigenvalue weighted by molar-refractivity contribution is 5.78. The molecule has 3 rings (SSSR count). The van der Waals surface area contributed by atoms with Crippen LogP contribution in [0.5, 0.6) is 0 Å². The first-order valence-corrected chi connectivity index (χ1v) is 7.26. The van der Waals surface area contributed by atoms with Crippen LogP contribution in [0.3, 0.4) is 0 Å². The molecule has 0 bridgehead atoms. The van der Waals surface area contributed by atoms with Crippen molar-refractivity contribution < 1.29 is 4.74 Å². The van der Waals surface area contributed by atoms with Crippen molar-refractivity contribution in [2.75, 3.05) is 6.61 Å². The standard InChI is InChI=1S/C16H20N4O/c1-11-8-19-15(9-18-11)13-5-2-12(3-6-13)4-7-14-10-21-16(17)20-14/h2-3,5-6,8-9,11,14,18H,4,7,10H2,1H3,(H2,17,20)/t11?,14-/m0/s1. The maximum atomic E-state index is 5.51. The Labute approximate surface area is 124 Å². The van der Waals surface area contributed by atoms with E-state index in [0.717, 1.165) is 24.1 Å². The molecule has 0 aliphatic carbocycles. The van der Waals surface area contributed by atoms with Crippen LogP contribution in [0.2, 0.25) is 0 Å². The minimum Gasteiger partial charge on any atom is -0.463 e. The van der Waals surface area contributed by atoms with Gasteiger partial charge in [0.05, 0.1) is 17.8 Å². The van der Waals surface area contributed by atoms with E-state index in [9.17, 15) is 0 Å². The Morgan fingerprint density at radius 1 is 1.33 bits per heavy atom. The van der Waals surface area contributed by atoms with Crippen LogP contribution in [0, 0.1) is 0 Å². The summed E-state index contributed by atoms with van der Waals surface area (Å²) in [5, 5.41) is 3.26. The van der Waals surface area contributed by atoms with E-state index in [2.05, 4.69) is 46.5 Å². The molecule has 2 aliphatic heterocycles. The first kappa shape index (κ1) is 13.7. The Morgan fingerprint density at radius 3 is 2.76 bits per heavy atom. The number of ether oxygens (including phenoxy) is 1. The van der Waals surface area contributed by atoms with Crippen LogP contribution < -0.4 is 11.1 Å². The number of hydrogen-bond acceptors (Lipinski definition) is 5. The zero-order valence-corrected chi connectivity index (χ0v) is 12.1. The summed E-state index contributed by atoms with van der Waals surface area (Å²) in [6.07, 6.45) is 5.82. The molecule has 1 unspecified atom stereocenters. The zero-order chi connectivity index (χ0) is 14.7. The van der Waals surface area contributed by atoms with Crippen LogP contribution in [0.25, 0.3) is 5.70 Å². The summed E-state index contributed by atoms with van der Waals surface area (Å²) in [5.74, 6) is 0. The van der Waals surface area contributed by atoms with Crippen molar-refractivity contribution in [2.45, 2.75) is 31.8 Å². The lowest BCUT2D eigenvalue weighted by Crippen LogP contribution is -2.24. The molecule has 0 saturated carbocycles. The number of benzene rings is 1. The monoisotopic (exact) mass is 284 g/mol. The summed E-state index contributed by atoms with van der Waals surface area (Å²) in [7, 11) is 0. The van der Waals surface area contributed by atoms with Crippen LogP contribution >= 0.6 is 0 Å². The molecule has 3 N–H and O–H groups in total. The number of aliphatic imine (C=N–C) groups is 2. The fraction of sp³-hybridized carbons (Fsp3) is 0.375. The molecule has 110 valence electrons. The molecular weight excluding hydrogens is 264 g/mol. The van der Waals surface area contributed by atoms with Gasteiger partial charge in [-0.3, -0.25) is 4.99 Å². The van der Waals surface area contributed by atoms with Gasteiger partial charge >= 0.3 is 0 Å². The summed E-state index contributed by atoms with van der Waals surface area (Å²) >= 11 is 0. The van der Waals surface area contributed by atoms with Gasteiger partial charge < -0.3 is 15.8 Å². The molecule has 0 saturated heterocycles. The highest BCUT2D eigenvalue weighted by Gasteiger charge is 2.16. The number of nitrogens with two attached hydrogens (primary N) is 1. The average Bonchev–Trinajstić information content (AvgIpc) is 2.92. The van der Waals surface area contributed by atoms with Crippen LogP contribution in [0.15, 0.2) is 40.5 Å². The maximum Gasteiger partial charge on any atom is 0.282 e. The second-order valence-corrected chi connectivity index (χ2v) is 5.43. The van der Waals surface area contributed by atoms with Gasteiger partial charge in [0.1, 0.15) is 6.61 Å². The number of nitrogens with one attached hydrogen (secondary N) is 1. The Hall–Kier alpha value is -2.30. The fourth-order valence-corrected chi connectivity index (χ4v) is 2.40. The van der Waals surface area contributed by atoms with Crippen molar-refractivity contribution in [3.8, 4) is 0 Å². The van der Waals surface area contributed by atoms with Gasteiger partial charge in [-0.15, -0.1) is 0 Å². The smallest absolute Gasteiger partial charge is 0.282 e. The number of amidine groups is 1. The van der Waals surface area contributed by atoms with Gasteiger partial charge in [0.2, 0.25) is 0 Å². The van der Waals surface area contributed by atoms with Crippen molar-refractivity contribution in [3.63, 3.8) is 0 Å². The SMILES string of the molecule is CC1C=NC(c2ccc(CC[C@H]3COC(N)=N3)cc2)=CN1. The van der Waals surface area contributed by atoms with Crippen LogP contribution in [0.4, 0.5) is 0 Å². The molecule has 21 heavy (non-hydrogen) atoms. The van der Waals surface area contributed by atoms with Gasteiger partial charge in [-0.25, -0.2) is 4.99 Å². The van der Waals surface area contributed by atoms with Crippen molar-refractivity contribution >= 4 is 17.9 Å². The summed E-state index contributed by atoms with van der Waals surface area (Å²) in [5.41, 5.74) is 8.90. The summed E-state index contributed by atoms with van der Waals surface area (Å²) in [6, 6.07) is 9.33. The van der Waals surface area contributed by atoms with Gasteiger partial charge in [0.15, 0.2) is 0 Å². The Balaban J connectivity index is 1.58. The minimum absolute atomic E-state index is 0.195. The van der Waals surface area contributed by atoms with Crippen molar-refractivity contribution in [3.05, 3.63) is 41.6 Å². The molecule has 0 fully saturated rings. The molecule has 2 atom stereocenters. The Bertz CT molecular complexity index is 589. The molecule has 0 amide bonds. The first-order chi connectivity index (χ1) is 10.2. The van der Waals surface area contributed by atoms with E-state index in [1.165, 1.54) is 5.56 Å². The highest BCUT2D eigenvalue weighted by Crippen LogP contribution is 2.19. The van der Waals surface area contributed by atoms with E-state index in [-0.39, 0.29) is 6.04 Å². The lowest BCUT2D eigenvalue weighted by Gasteiger charge is -2.14. The number of rotatable bonds is 4. The largest absolute Gasteiger partial charge is 0.463 e. The normalized spacial score (nSPS) is 24.0. The molecule has 0 radical (unpaired) electrons. The molecular formula is C16H20N4O. The third kappa shape index (κ3) is 3.42. The maximum absolute atomic E-state index is 5.51. The summed E-state index contributed by atoms with van der Waals surface area (Å²) < 4.78 is 5.16. The highest BCUT2D eigenvalue weighted by atomic mass is 16.5. The molecule has 5 heteroatoms. The molecule has 0 aromatic heterocycles. The third-order valence-corrected chi connectivity index (χ3v) is 3.67. The van der Waals surface area contributed by atoms with Gasteiger partial charge in [-0.05, 0) is 25.3 Å². The predicted molar refractivity (Wildman–Crippen MR) is 85.2 cm³/mol. The van der Waals surface area contributed by atoms with Crippen molar-refractivity contribution in [1.82, 2.24) is 5.32 Å². The second-order valence-electron chi connectivity index (χ2n) is 5.43. The zero-order valence-electron chi connectivity index (χ0n) is 12.1. The molecule has 2 heterocycles. The topological polar surface area (TPSA) is 72.0 Å². The summed E-state index contributed by atoms with van der Waals surface area (Å²) in [6.45, 7) is 2.68. The number of aryl methyl sites for hydroxylation is 1. The van der Waals surface area contributed by atoms with E-state index < -0.39 is 0 Å². The lowest BCUT2D eigenvalue weighted by molar-refractivity contribution is 0.308. The van der Waals surface area contributed by atoms with Crippen LogP contribution in [0.1, 0.15) is 24.5 Å². The minimum atomic E-state index is 0.195. The Kier molecular flexibility index (Phi) is 3.90. The van der Waals surface area contributed by atoms with E-state index in [0.29, 0.717) is 18.7 Å². The van der Waals surface area contributed by atoms with E-state index in [1.54, 1.807) is 0 Å². The van der Waals surface area contributed by atoms with Crippen LogP contribution in [-0.4, -0.2) is 30.9 Å². The molecule has 1 aromatic carbocycles. The van der Waals surface area contributed by atoms with E-state index in [4.69, 9.17) is 10.5 Å². The molecule has 2 aliphatic rings. The van der Waals surface area contributed by atoms with Crippen molar-refractivity contribution in [1.29, 1.82) is 0 Å². The number of hydrogen-bond donors (Lipinski definition) is 2. The van der Waals surface area contributed by atoms with Gasteiger partial charge in [0.25, 0.3) is 6.02 Å². The Morgan fingerprint density at radius 2 is 2.14 bits per heavy atom.